The molecule has 0 aliphatic rings. The Morgan fingerprint density at radius 2 is 1.97 bits per heavy atom. The van der Waals surface area contributed by atoms with Crippen molar-refractivity contribution in [3.8, 4) is 11.5 Å². The molecule has 3 rings (SSSR count). The highest BCUT2D eigenvalue weighted by Gasteiger charge is 2.17. The molecule has 0 radical (unpaired) electrons. The van der Waals surface area contributed by atoms with E-state index in [0.717, 1.165) is 28.1 Å². The summed E-state index contributed by atoms with van der Waals surface area (Å²) in [6, 6.07) is 5.64. The molecule has 0 saturated heterocycles. The molecule has 0 spiro atoms. The molecule has 0 aliphatic heterocycles. The van der Waals surface area contributed by atoms with Crippen molar-refractivity contribution in [2.45, 2.75) is 47.1 Å². The molecule has 0 fully saturated rings. The quantitative estimate of drug-likeness (QED) is 0.471. The van der Waals surface area contributed by atoms with Crippen molar-refractivity contribution in [3.05, 3.63) is 46.5 Å². The number of nitrogens with zero attached hydrogens (tertiary/aromatic N) is 3. The number of carboxylic acid groups (broad SMARTS) is 1. The van der Waals surface area contributed by atoms with Crippen LogP contribution in [0.25, 0.3) is 11.0 Å². The molecule has 1 aromatic carbocycles. The van der Waals surface area contributed by atoms with Crippen molar-refractivity contribution < 1.29 is 19.4 Å². The fraction of sp³-hybridized carbons (Fsp3) is 0.435. The molecule has 0 amide bonds. The fourth-order valence-corrected chi connectivity index (χ4v) is 3.76. The number of carboxylic acids is 1. The third-order valence-electron chi connectivity index (χ3n) is 5.30. The summed E-state index contributed by atoms with van der Waals surface area (Å²) in [6.07, 6.45) is 2.72. The highest BCUT2D eigenvalue weighted by Crippen LogP contribution is 2.28. The molecule has 3 aromatic rings. The van der Waals surface area contributed by atoms with Gasteiger partial charge >= 0.3 is 5.97 Å². The Morgan fingerprint density at radius 1 is 1.19 bits per heavy atom. The lowest BCUT2D eigenvalue weighted by Crippen LogP contribution is -2.16. The van der Waals surface area contributed by atoms with E-state index in [9.17, 15) is 9.90 Å². The van der Waals surface area contributed by atoms with Gasteiger partial charge in [0.05, 0.1) is 53.6 Å². The first kappa shape index (κ1) is 22.9. The molecule has 31 heavy (non-hydrogen) atoms. The number of hydrogen-bond donors (Lipinski definition) is 1. The van der Waals surface area contributed by atoms with Crippen LogP contribution in [0.3, 0.4) is 0 Å². The first-order valence-corrected chi connectivity index (χ1v) is 10.8. The Balaban J connectivity index is 1.85. The van der Waals surface area contributed by atoms with E-state index >= 15 is 0 Å². The van der Waals surface area contributed by atoms with Gasteiger partial charge in [0, 0.05) is 12.1 Å². The Bertz CT molecular complexity index is 1080. The van der Waals surface area contributed by atoms with Gasteiger partial charge in [0.15, 0.2) is 0 Å². The van der Waals surface area contributed by atoms with Gasteiger partial charge in [-0.2, -0.15) is 0 Å². The lowest BCUT2D eigenvalue weighted by Gasteiger charge is -2.13. The minimum atomic E-state index is -0.786. The lowest BCUT2D eigenvalue weighted by atomic mass is 10.0. The molecule has 166 valence electrons. The van der Waals surface area contributed by atoms with Crippen molar-refractivity contribution in [3.63, 3.8) is 0 Å². The van der Waals surface area contributed by atoms with E-state index < -0.39 is 11.9 Å². The smallest absolute Gasteiger partial charge is 0.306 e. The first-order valence-electron chi connectivity index (χ1n) is 10.4. The van der Waals surface area contributed by atoms with Crippen LogP contribution in [0.5, 0.6) is 11.5 Å². The Morgan fingerprint density at radius 3 is 2.61 bits per heavy atom. The van der Waals surface area contributed by atoms with E-state index in [1.165, 1.54) is 0 Å². The van der Waals surface area contributed by atoms with Crippen LogP contribution in [0, 0.1) is 19.8 Å². The van der Waals surface area contributed by atoms with Crippen molar-refractivity contribution >= 4 is 28.6 Å². The highest BCUT2D eigenvalue weighted by atomic mass is 35.5. The van der Waals surface area contributed by atoms with Crippen LogP contribution in [0.2, 0.25) is 5.02 Å². The number of rotatable bonds is 10. The van der Waals surface area contributed by atoms with Gasteiger partial charge < -0.3 is 19.1 Å². The van der Waals surface area contributed by atoms with Crippen LogP contribution < -0.4 is 9.47 Å². The van der Waals surface area contributed by atoms with Crippen LogP contribution in [-0.4, -0.2) is 38.8 Å². The van der Waals surface area contributed by atoms with Gasteiger partial charge in [0.1, 0.15) is 17.3 Å². The maximum atomic E-state index is 11.2. The lowest BCUT2D eigenvalue weighted by molar-refractivity contribution is -0.142. The van der Waals surface area contributed by atoms with E-state index in [4.69, 9.17) is 26.1 Å². The Hall–Kier alpha value is -2.80. The summed E-state index contributed by atoms with van der Waals surface area (Å²) in [5, 5.41) is 9.75. The third kappa shape index (κ3) is 5.28. The number of ether oxygens (including phenoxy) is 2. The maximum absolute atomic E-state index is 11.2. The van der Waals surface area contributed by atoms with Gasteiger partial charge in [-0.15, -0.1) is 0 Å². The molecule has 2 aromatic heterocycles. The number of pyridine rings is 1. The van der Waals surface area contributed by atoms with Crippen LogP contribution >= 0.6 is 11.6 Å². The molecule has 0 bridgehead atoms. The number of aryl methyl sites for hydroxylation is 2. The zero-order chi connectivity index (χ0) is 22.5. The summed E-state index contributed by atoms with van der Waals surface area (Å²) in [5.41, 5.74) is 3.53. The molecular formula is C23H28ClN3O4. The minimum Gasteiger partial charge on any atom is -0.493 e. The summed E-state index contributed by atoms with van der Waals surface area (Å²) < 4.78 is 13.4. The van der Waals surface area contributed by atoms with Crippen molar-refractivity contribution in [2.75, 3.05) is 13.2 Å². The van der Waals surface area contributed by atoms with Gasteiger partial charge in [-0.05, 0) is 45.2 Å². The molecule has 1 N–H and O–H groups in total. The topological polar surface area (TPSA) is 86.5 Å². The summed E-state index contributed by atoms with van der Waals surface area (Å²) in [7, 11) is 0. The van der Waals surface area contributed by atoms with Gasteiger partial charge in [-0.1, -0.05) is 18.5 Å². The number of carbonyl (C=O) groups is 1. The Labute approximate surface area is 187 Å². The van der Waals surface area contributed by atoms with Crippen molar-refractivity contribution in [1.29, 1.82) is 0 Å². The number of imidazole rings is 1. The SMILES string of the molecule is CCOc1cnc(Cn2c(C)nc3c(C)cc(OCCC(CC)C(=O)O)cc32)c(Cl)c1. The largest absolute Gasteiger partial charge is 0.493 e. The number of halogens is 1. The van der Waals surface area contributed by atoms with Crippen LogP contribution in [-0.2, 0) is 11.3 Å². The second kappa shape index (κ2) is 10.0. The molecule has 7 nitrogen and oxygen atoms in total. The van der Waals surface area contributed by atoms with Gasteiger partial charge in [0.2, 0.25) is 0 Å². The van der Waals surface area contributed by atoms with E-state index in [-0.39, 0.29) is 0 Å². The first-order chi connectivity index (χ1) is 14.8. The fourth-order valence-electron chi connectivity index (χ4n) is 3.54. The van der Waals surface area contributed by atoms with Crippen LogP contribution in [0.1, 0.15) is 43.8 Å². The maximum Gasteiger partial charge on any atom is 0.306 e. The summed E-state index contributed by atoms with van der Waals surface area (Å²) >= 11 is 6.44. The predicted molar refractivity (Wildman–Crippen MR) is 120 cm³/mol. The normalized spacial score (nSPS) is 12.2. The number of hydrogen-bond acceptors (Lipinski definition) is 5. The zero-order valence-electron chi connectivity index (χ0n) is 18.3. The van der Waals surface area contributed by atoms with E-state index in [0.29, 0.717) is 49.1 Å². The highest BCUT2D eigenvalue weighted by molar-refractivity contribution is 6.31. The average Bonchev–Trinajstić information content (AvgIpc) is 3.03. The average molecular weight is 446 g/mol. The van der Waals surface area contributed by atoms with E-state index in [1.54, 1.807) is 12.3 Å². The second-order valence-electron chi connectivity index (χ2n) is 7.47. The standard InChI is InChI=1S/C23H28ClN3O4/c1-5-16(23(28)29)7-8-31-17-9-14(3)22-21(11-17)27(15(4)26-22)13-20-19(24)10-18(12-25-20)30-6-2/h9-12,16H,5-8,13H2,1-4H3,(H,28,29). The Kier molecular flexibility index (Phi) is 7.38. The molecule has 0 saturated carbocycles. The number of aromatic nitrogens is 3. The minimum absolute atomic E-state index is 0.342. The molecule has 0 aliphatic carbocycles. The summed E-state index contributed by atoms with van der Waals surface area (Å²) in [4.78, 5) is 20.4. The van der Waals surface area contributed by atoms with Gasteiger partial charge in [-0.3, -0.25) is 9.78 Å². The number of fused-ring (bicyclic) bond motifs is 1. The third-order valence-corrected chi connectivity index (χ3v) is 5.62. The van der Waals surface area contributed by atoms with Crippen molar-refractivity contribution in [1.82, 2.24) is 14.5 Å². The summed E-state index contributed by atoms with van der Waals surface area (Å²) in [5.74, 6) is 0.995. The van der Waals surface area contributed by atoms with Gasteiger partial charge in [-0.25, -0.2) is 4.98 Å². The summed E-state index contributed by atoms with van der Waals surface area (Å²) in [6.45, 7) is 9.07. The predicted octanol–water partition coefficient (Wildman–Crippen LogP) is 5.03. The second-order valence-corrected chi connectivity index (χ2v) is 7.87. The molecular weight excluding hydrogens is 418 g/mol. The van der Waals surface area contributed by atoms with Gasteiger partial charge in [0.25, 0.3) is 0 Å². The van der Waals surface area contributed by atoms with Crippen LogP contribution in [0.15, 0.2) is 24.4 Å². The van der Waals surface area contributed by atoms with Crippen LogP contribution in [0.4, 0.5) is 0 Å². The molecule has 8 heteroatoms. The van der Waals surface area contributed by atoms with Crippen molar-refractivity contribution in [2.24, 2.45) is 5.92 Å². The molecule has 1 atom stereocenters. The number of aliphatic carboxylic acids is 1. The zero-order valence-corrected chi connectivity index (χ0v) is 19.1. The number of benzene rings is 1. The van der Waals surface area contributed by atoms with E-state index in [1.807, 2.05) is 39.8 Å². The van der Waals surface area contributed by atoms with E-state index in [2.05, 4.69) is 9.55 Å². The molecule has 1 unspecified atom stereocenters. The molecule has 2 heterocycles. The monoisotopic (exact) mass is 445 g/mol.